The molecule has 1 aromatic heterocycles. The van der Waals surface area contributed by atoms with E-state index in [0.29, 0.717) is 19.0 Å². The quantitative estimate of drug-likeness (QED) is 0.650. The maximum atomic E-state index is 9.37. The molecule has 0 aliphatic carbocycles. The molecule has 0 saturated heterocycles. The van der Waals surface area contributed by atoms with Crippen LogP contribution in [0.15, 0.2) is 11.5 Å². The summed E-state index contributed by atoms with van der Waals surface area (Å²) in [6.07, 6.45) is 0.993. The summed E-state index contributed by atoms with van der Waals surface area (Å²) in [6, 6.07) is 0. The third kappa shape index (κ3) is 4.25. The number of nitrogens with zero attached hydrogens (tertiary/aromatic N) is 2. The molecule has 0 saturated carbocycles. The predicted octanol–water partition coefficient (Wildman–Crippen LogP) is 0.294. The molecule has 5 nitrogen and oxygen atoms in total. The molecule has 13 heavy (non-hydrogen) atoms. The second-order valence-corrected chi connectivity index (χ2v) is 3.42. The molecule has 0 aliphatic heterocycles. The Morgan fingerprint density at radius 1 is 1.77 bits per heavy atom. The van der Waals surface area contributed by atoms with Crippen molar-refractivity contribution in [1.82, 2.24) is 15.2 Å². The van der Waals surface area contributed by atoms with Crippen LogP contribution in [0.3, 0.4) is 0 Å². The van der Waals surface area contributed by atoms with Crippen LogP contribution >= 0.6 is 11.8 Å². The zero-order valence-corrected chi connectivity index (χ0v) is 8.25. The smallest absolute Gasteiger partial charge is 0.183 e. The maximum absolute atomic E-state index is 9.37. The number of aliphatic hydroxyl groups is 1. The van der Waals surface area contributed by atoms with Crippen LogP contribution in [-0.2, 0) is 4.74 Å². The Hall–Kier alpha value is -0.590. The standard InChI is InChI=1S/C7H13N3O2S/c1-2-12-3-6(11)4-13-7-8-5-9-10-7/h5-6,11H,2-4H2,1H3,(H,8,9,10). The Bertz CT molecular complexity index is 218. The molecular formula is C7H13N3O2S. The summed E-state index contributed by atoms with van der Waals surface area (Å²) in [5.41, 5.74) is 0. The van der Waals surface area contributed by atoms with Crippen LogP contribution in [0.5, 0.6) is 0 Å². The first-order valence-electron chi connectivity index (χ1n) is 4.07. The second kappa shape index (κ2) is 5.95. The number of aromatic amines is 1. The second-order valence-electron chi connectivity index (χ2n) is 2.41. The number of rotatable bonds is 6. The lowest BCUT2D eigenvalue weighted by atomic mass is 10.4. The minimum absolute atomic E-state index is 0.373. The molecule has 0 aromatic carbocycles. The van der Waals surface area contributed by atoms with E-state index in [4.69, 9.17) is 4.74 Å². The molecular weight excluding hydrogens is 190 g/mol. The van der Waals surface area contributed by atoms with Gasteiger partial charge in [0.15, 0.2) is 5.16 Å². The lowest BCUT2D eigenvalue weighted by Gasteiger charge is -2.07. The highest BCUT2D eigenvalue weighted by molar-refractivity contribution is 7.99. The number of hydrogen-bond acceptors (Lipinski definition) is 5. The van der Waals surface area contributed by atoms with Crippen molar-refractivity contribution in [2.24, 2.45) is 0 Å². The van der Waals surface area contributed by atoms with E-state index in [-0.39, 0.29) is 0 Å². The first-order chi connectivity index (χ1) is 6.33. The summed E-state index contributed by atoms with van der Waals surface area (Å²) < 4.78 is 5.06. The van der Waals surface area contributed by atoms with Gasteiger partial charge in [-0.25, -0.2) is 4.98 Å². The molecule has 1 unspecified atom stereocenters. The van der Waals surface area contributed by atoms with Gasteiger partial charge in [0.05, 0.1) is 12.7 Å². The van der Waals surface area contributed by atoms with Gasteiger partial charge in [-0.15, -0.1) is 0 Å². The third-order valence-electron chi connectivity index (χ3n) is 1.32. The Morgan fingerprint density at radius 2 is 2.62 bits per heavy atom. The highest BCUT2D eigenvalue weighted by atomic mass is 32.2. The average molecular weight is 203 g/mol. The van der Waals surface area contributed by atoms with E-state index in [1.54, 1.807) is 0 Å². The van der Waals surface area contributed by atoms with Gasteiger partial charge in [0.1, 0.15) is 6.33 Å². The van der Waals surface area contributed by atoms with Crippen molar-refractivity contribution in [1.29, 1.82) is 0 Å². The van der Waals surface area contributed by atoms with Gasteiger partial charge < -0.3 is 9.84 Å². The van der Waals surface area contributed by atoms with Gasteiger partial charge in [0, 0.05) is 12.4 Å². The molecule has 1 heterocycles. The topological polar surface area (TPSA) is 71.0 Å². The number of hydrogen-bond donors (Lipinski definition) is 2. The number of H-pyrrole nitrogens is 1. The van der Waals surface area contributed by atoms with Crippen LogP contribution < -0.4 is 0 Å². The molecule has 1 aromatic rings. The first kappa shape index (κ1) is 10.5. The van der Waals surface area contributed by atoms with E-state index in [9.17, 15) is 5.11 Å². The van der Waals surface area contributed by atoms with Crippen molar-refractivity contribution in [3.05, 3.63) is 6.33 Å². The van der Waals surface area contributed by atoms with Gasteiger partial charge in [-0.3, -0.25) is 5.10 Å². The maximum Gasteiger partial charge on any atom is 0.183 e. The highest BCUT2D eigenvalue weighted by Gasteiger charge is 2.05. The summed E-state index contributed by atoms with van der Waals surface area (Å²) in [7, 11) is 0. The Balaban J connectivity index is 2.11. The number of thioether (sulfide) groups is 1. The van der Waals surface area contributed by atoms with Gasteiger partial charge >= 0.3 is 0 Å². The van der Waals surface area contributed by atoms with Gasteiger partial charge in [-0.1, -0.05) is 11.8 Å². The van der Waals surface area contributed by atoms with Crippen LogP contribution in [0, 0.1) is 0 Å². The van der Waals surface area contributed by atoms with Crippen LogP contribution in [-0.4, -0.2) is 45.4 Å². The van der Waals surface area contributed by atoms with Crippen molar-refractivity contribution in [3.8, 4) is 0 Å². The van der Waals surface area contributed by atoms with E-state index in [2.05, 4.69) is 15.2 Å². The minimum atomic E-state index is -0.449. The average Bonchev–Trinajstić information content (AvgIpc) is 2.64. The number of ether oxygens (including phenoxy) is 1. The monoisotopic (exact) mass is 203 g/mol. The Kier molecular flexibility index (Phi) is 4.81. The summed E-state index contributed by atoms with van der Waals surface area (Å²) in [5, 5.41) is 16.5. The molecule has 0 spiro atoms. The van der Waals surface area contributed by atoms with Crippen molar-refractivity contribution in [2.75, 3.05) is 19.0 Å². The number of aliphatic hydroxyl groups excluding tert-OH is 1. The van der Waals surface area contributed by atoms with Crippen LogP contribution in [0.4, 0.5) is 0 Å². The fraction of sp³-hybridized carbons (Fsp3) is 0.714. The van der Waals surface area contributed by atoms with Crippen molar-refractivity contribution in [3.63, 3.8) is 0 Å². The normalized spacial score (nSPS) is 13.1. The van der Waals surface area contributed by atoms with Crippen molar-refractivity contribution in [2.45, 2.75) is 18.2 Å². The molecule has 0 radical (unpaired) electrons. The fourth-order valence-corrected chi connectivity index (χ4v) is 1.43. The molecule has 6 heteroatoms. The van der Waals surface area contributed by atoms with Gasteiger partial charge in [-0.05, 0) is 6.92 Å². The fourth-order valence-electron chi connectivity index (χ4n) is 0.741. The summed E-state index contributed by atoms with van der Waals surface area (Å²) in [5.74, 6) is 0.565. The predicted molar refractivity (Wildman–Crippen MR) is 49.6 cm³/mol. The summed E-state index contributed by atoms with van der Waals surface area (Å²) in [4.78, 5) is 3.91. The molecule has 0 amide bonds. The SMILES string of the molecule is CCOCC(O)CSc1ncn[nH]1. The molecule has 0 fully saturated rings. The van der Waals surface area contributed by atoms with E-state index in [1.807, 2.05) is 6.92 Å². The zero-order valence-electron chi connectivity index (χ0n) is 7.43. The molecule has 74 valence electrons. The third-order valence-corrected chi connectivity index (χ3v) is 2.34. The number of aromatic nitrogens is 3. The Morgan fingerprint density at radius 3 is 3.23 bits per heavy atom. The highest BCUT2D eigenvalue weighted by Crippen LogP contribution is 2.11. The van der Waals surface area contributed by atoms with Gasteiger partial charge in [0.2, 0.25) is 0 Å². The number of nitrogens with one attached hydrogen (secondary N) is 1. The molecule has 1 atom stereocenters. The lowest BCUT2D eigenvalue weighted by Crippen LogP contribution is -2.17. The van der Waals surface area contributed by atoms with E-state index < -0.39 is 6.10 Å². The lowest BCUT2D eigenvalue weighted by molar-refractivity contribution is 0.0551. The van der Waals surface area contributed by atoms with Crippen LogP contribution in [0.1, 0.15) is 6.92 Å². The molecule has 0 bridgehead atoms. The summed E-state index contributed by atoms with van der Waals surface area (Å²) in [6.45, 7) is 2.90. The van der Waals surface area contributed by atoms with Crippen molar-refractivity contribution < 1.29 is 9.84 Å². The van der Waals surface area contributed by atoms with Crippen molar-refractivity contribution >= 4 is 11.8 Å². The molecule has 0 aliphatic rings. The molecule has 2 N–H and O–H groups in total. The first-order valence-corrected chi connectivity index (χ1v) is 5.05. The van der Waals surface area contributed by atoms with Gasteiger partial charge in [0.25, 0.3) is 0 Å². The van der Waals surface area contributed by atoms with E-state index in [1.165, 1.54) is 18.1 Å². The van der Waals surface area contributed by atoms with Gasteiger partial charge in [-0.2, -0.15) is 5.10 Å². The minimum Gasteiger partial charge on any atom is -0.390 e. The van der Waals surface area contributed by atoms with E-state index >= 15 is 0 Å². The zero-order chi connectivity index (χ0) is 9.52. The van der Waals surface area contributed by atoms with Crippen LogP contribution in [0.25, 0.3) is 0 Å². The van der Waals surface area contributed by atoms with Crippen LogP contribution in [0.2, 0.25) is 0 Å². The molecule has 1 rings (SSSR count). The summed E-state index contributed by atoms with van der Waals surface area (Å²) >= 11 is 1.43. The Labute approximate surface area is 80.9 Å². The largest absolute Gasteiger partial charge is 0.390 e. The van der Waals surface area contributed by atoms with E-state index in [0.717, 1.165) is 5.16 Å².